The molecule has 1 atom stereocenters. The number of aryl methyl sites for hydroxylation is 1. The lowest BCUT2D eigenvalue weighted by Crippen LogP contribution is -2.15. The minimum atomic E-state index is -0.310. The molecule has 0 saturated heterocycles. The maximum absolute atomic E-state index is 12.0. The topological polar surface area (TPSA) is 46.2 Å². The first-order chi connectivity index (χ1) is 26.2. The van der Waals surface area contributed by atoms with Crippen LogP contribution in [0, 0.1) is 5.92 Å². The van der Waals surface area contributed by atoms with Gasteiger partial charge in [0, 0.05) is 12.2 Å². The van der Waals surface area contributed by atoms with E-state index in [1.807, 2.05) is 0 Å². The van der Waals surface area contributed by atoms with Gasteiger partial charge in [-0.2, -0.15) is 0 Å². The number of unbranched alkanes of at least 4 members (excludes halogenated alkanes) is 30. The van der Waals surface area contributed by atoms with E-state index in [1.54, 1.807) is 0 Å². The zero-order valence-corrected chi connectivity index (χ0v) is 35.7. The SMILES string of the molecule is CCCCCCCCCCCCCCCCCCC(CCCCCCCCCCCCCCCCCC)CCCc1ccc2c(c1)NCC2C(=O)C=O. The fourth-order valence-electron chi connectivity index (χ4n) is 8.86. The van der Waals surface area contributed by atoms with E-state index >= 15 is 0 Å². The highest BCUT2D eigenvalue weighted by Gasteiger charge is 2.28. The van der Waals surface area contributed by atoms with Crippen LogP contribution >= 0.6 is 0 Å². The van der Waals surface area contributed by atoms with Gasteiger partial charge in [0.2, 0.25) is 5.78 Å². The number of ketones is 1. The van der Waals surface area contributed by atoms with Crippen LogP contribution < -0.4 is 5.32 Å². The highest BCUT2D eigenvalue weighted by molar-refractivity contribution is 6.28. The van der Waals surface area contributed by atoms with E-state index < -0.39 is 0 Å². The number of nitrogens with one attached hydrogen (secondary N) is 1. The van der Waals surface area contributed by atoms with Crippen LogP contribution in [-0.2, 0) is 16.0 Å². The molecular weight excluding hydrogens is 647 g/mol. The standard InChI is InChI=1S/C50H89NO2/c1-3-5-7-9-11-13-15-17-19-21-23-25-27-29-31-33-36-45(37-34-32-30-28-26-24-22-20-18-16-14-12-10-8-6-4-2)38-35-39-46-40-41-47-48(50(53)44-52)43-51-49(47)42-46/h40-42,44-45,48,51H,3-39,43H2,1-2H3. The van der Waals surface area contributed by atoms with Gasteiger partial charge in [-0.25, -0.2) is 0 Å². The lowest BCUT2D eigenvalue weighted by molar-refractivity contribution is -0.130. The first kappa shape index (κ1) is 47.5. The molecular formula is C50H89NO2. The Morgan fingerprint density at radius 2 is 0.906 bits per heavy atom. The van der Waals surface area contributed by atoms with Crippen LogP contribution in [0.3, 0.4) is 0 Å². The van der Waals surface area contributed by atoms with Crippen LogP contribution in [0.15, 0.2) is 18.2 Å². The molecule has 1 heterocycles. The number of Topliss-reactive ketones (excluding diaryl/α,β-unsaturated/α-hetero) is 1. The van der Waals surface area contributed by atoms with Crippen LogP contribution in [0.25, 0.3) is 0 Å². The molecule has 1 N–H and O–H groups in total. The smallest absolute Gasteiger partial charge is 0.204 e. The molecule has 0 spiro atoms. The summed E-state index contributed by atoms with van der Waals surface area (Å²) in [6.45, 7) is 5.16. The number of hydrogen-bond acceptors (Lipinski definition) is 3. The summed E-state index contributed by atoms with van der Waals surface area (Å²) in [5, 5.41) is 3.37. The number of rotatable bonds is 40. The number of carbonyl (C=O) groups excluding carboxylic acids is 2. The van der Waals surface area contributed by atoms with Gasteiger partial charge in [-0.15, -0.1) is 0 Å². The largest absolute Gasteiger partial charge is 0.384 e. The maximum Gasteiger partial charge on any atom is 0.204 e. The third kappa shape index (κ3) is 25.2. The van der Waals surface area contributed by atoms with Gasteiger partial charge in [0.1, 0.15) is 0 Å². The molecule has 0 bridgehead atoms. The number of benzene rings is 1. The Labute approximate surface area is 330 Å². The van der Waals surface area contributed by atoms with Gasteiger partial charge in [-0.05, 0) is 36.0 Å². The van der Waals surface area contributed by atoms with Crippen molar-refractivity contribution in [3.63, 3.8) is 0 Å². The Kier molecular flexibility index (Phi) is 31.2. The first-order valence-corrected chi connectivity index (χ1v) is 24.0. The van der Waals surface area contributed by atoms with E-state index in [0.29, 0.717) is 12.8 Å². The Morgan fingerprint density at radius 1 is 0.547 bits per heavy atom. The van der Waals surface area contributed by atoms with E-state index in [9.17, 15) is 9.59 Å². The van der Waals surface area contributed by atoms with E-state index in [-0.39, 0.29) is 11.7 Å². The summed E-state index contributed by atoms with van der Waals surface area (Å²) < 4.78 is 0. The molecule has 0 saturated carbocycles. The molecule has 0 amide bonds. The summed E-state index contributed by atoms with van der Waals surface area (Å²) in [6.07, 6.45) is 53.1. The third-order valence-electron chi connectivity index (χ3n) is 12.5. The molecule has 306 valence electrons. The van der Waals surface area contributed by atoms with Crippen LogP contribution in [0.1, 0.15) is 262 Å². The van der Waals surface area contributed by atoms with Gasteiger partial charge in [0.05, 0.1) is 5.92 Å². The normalized spacial score (nSPS) is 13.8. The molecule has 0 aliphatic carbocycles. The van der Waals surface area contributed by atoms with Crippen molar-refractivity contribution in [2.45, 2.75) is 257 Å². The molecule has 1 aromatic carbocycles. The molecule has 0 fully saturated rings. The Balaban J connectivity index is 1.57. The van der Waals surface area contributed by atoms with E-state index in [0.717, 1.165) is 23.6 Å². The van der Waals surface area contributed by atoms with Gasteiger partial charge < -0.3 is 5.32 Å². The summed E-state index contributed by atoms with van der Waals surface area (Å²) in [5.74, 6) is 0.255. The fraction of sp³-hybridized carbons (Fsp3) is 0.840. The molecule has 0 aromatic heterocycles. The van der Waals surface area contributed by atoms with E-state index in [4.69, 9.17) is 0 Å². The van der Waals surface area contributed by atoms with Crippen molar-refractivity contribution in [1.29, 1.82) is 0 Å². The minimum absolute atomic E-state index is 0.305. The van der Waals surface area contributed by atoms with Gasteiger partial charge in [-0.1, -0.05) is 251 Å². The summed E-state index contributed by atoms with van der Waals surface area (Å²) in [5.41, 5.74) is 3.41. The predicted octanol–water partition coefficient (Wildman–Crippen LogP) is 16.2. The van der Waals surface area contributed by atoms with Crippen molar-refractivity contribution in [3.8, 4) is 0 Å². The molecule has 1 aromatic rings. The van der Waals surface area contributed by atoms with Crippen molar-refractivity contribution in [1.82, 2.24) is 0 Å². The predicted molar refractivity (Wildman–Crippen MR) is 233 cm³/mol. The maximum atomic E-state index is 12.0. The second kappa shape index (κ2) is 34.8. The monoisotopic (exact) mass is 736 g/mol. The third-order valence-corrected chi connectivity index (χ3v) is 12.5. The summed E-state index contributed by atoms with van der Waals surface area (Å²) in [7, 11) is 0. The zero-order valence-electron chi connectivity index (χ0n) is 35.7. The van der Waals surface area contributed by atoms with Crippen molar-refractivity contribution < 1.29 is 9.59 Å². The second-order valence-corrected chi connectivity index (χ2v) is 17.3. The zero-order chi connectivity index (χ0) is 37.9. The quantitative estimate of drug-likeness (QED) is 0.0415. The molecule has 53 heavy (non-hydrogen) atoms. The summed E-state index contributed by atoms with van der Waals surface area (Å²) in [4.78, 5) is 23.1. The Morgan fingerprint density at radius 3 is 1.28 bits per heavy atom. The average molecular weight is 736 g/mol. The molecule has 2 rings (SSSR count). The van der Waals surface area contributed by atoms with Gasteiger partial charge in [0.25, 0.3) is 0 Å². The number of hydrogen-bond donors (Lipinski definition) is 1. The minimum Gasteiger partial charge on any atom is -0.384 e. The first-order valence-electron chi connectivity index (χ1n) is 24.0. The van der Waals surface area contributed by atoms with Crippen molar-refractivity contribution >= 4 is 17.8 Å². The highest BCUT2D eigenvalue weighted by Crippen LogP contribution is 2.33. The fourth-order valence-corrected chi connectivity index (χ4v) is 8.86. The van der Waals surface area contributed by atoms with Crippen LogP contribution in [0.4, 0.5) is 5.69 Å². The Hall–Kier alpha value is -1.64. The lowest BCUT2D eigenvalue weighted by atomic mass is 9.89. The lowest BCUT2D eigenvalue weighted by Gasteiger charge is -2.17. The van der Waals surface area contributed by atoms with Crippen molar-refractivity contribution in [3.05, 3.63) is 29.3 Å². The van der Waals surface area contributed by atoms with Crippen molar-refractivity contribution in [2.75, 3.05) is 11.9 Å². The molecule has 1 unspecified atom stereocenters. The van der Waals surface area contributed by atoms with E-state index in [2.05, 4.69) is 37.4 Å². The second-order valence-electron chi connectivity index (χ2n) is 17.3. The van der Waals surface area contributed by atoms with Gasteiger partial charge in [-0.3, -0.25) is 9.59 Å². The molecule has 0 radical (unpaired) electrons. The number of fused-ring (bicyclic) bond motifs is 1. The average Bonchev–Trinajstić information content (AvgIpc) is 3.60. The summed E-state index contributed by atoms with van der Waals surface area (Å²) >= 11 is 0. The molecule has 3 heteroatoms. The van der Waals surface area contributed by atoms with Gasteiger partial charge in [0.15, 0.2) is 6.29 Å². The van der Waals surface area contributed by atoms with Crippen LogP contribution in [0.5, 0.6) is 0 Å². The van der Waals surface area contributed by atoms with Crippen LogP contribution in [0.2, 0.25) is 0 Å². The number of carbonyl (C=O) groups is 2. The number of anilines is 1. The molecule has 3 nitrogen and oxygen atoms in total. The van der Waals surface area contributed by atoms with Crippen molar-refractivity contribution in [2.24, 2.45) is 5.92 Å². The molecule has 1 aliphatic heterocycles. The van der Waals surface area contributed by atoms with Crippen LogP contribution in [-0.4, -0.2) is 18.6 Å². The molecule has 1 aliphatic rings. The Bertz CT molecular complexity index is 952. The van der Waals surface area contributed by atoms with E-state index in [1.165, 1.54) is 237 Å². The summed E-state index contributed by atoms with van der Waals surface area (Å²) in [6, 6.07) is 6.51. The highest BCUT2D eigenvalue weighted by atomic mass is 16.2. The number of aldehydes is 1. The van der Waals surface area contributed by atoms with Gasteiger partial charge >= 0.3 is 0 Å².